The highest BCUT2D eigenvalue weighted by molar-refractivity contribution is 6.37. The van der Waals surface area contributed by atoms with E-state index < -0.39 is 5.97 Å². The number of carboxylic acids is 1. The third-order valence-corrected chi connectivity index (χ3v) is 1.92. The first-order valence-electron chi connectivity index (χ1n) is 3.36. The van der Waals surface area contributed by atoms with Crippen LogP contribution in [-0.2, 0) is 4.79 Å². The normalized spacial score (nSPS) is 9.29. The van der Waals surface area contributed by atoms with Crippen LogP contribution < -0.4 is 0 Å². The van der Waals surface area contributed by atoms with Crippen molar-refractivity contribution >= 4 is 40.9 Å². The topological polar surface area (TPSA) is 66.7 Å². The molecule has 0 aliphatic carbocycles. The number of isocyanates is 1. The molecule has 0 radical (unpaired) electrons. The minimum atomic E-state index is -1.26. The Hall–Kier alpha value is -1.35. The Balaban J connectivity index is 3.51. The van der Waals surface area contributed by atoms with Gasteiger partial charge in [-0.2, -0.15) is 4.99 Å². The quantitative estimate of drug-likeness (QED) is 0.629. The number of benzene rings is 1. The molecule has 0 aliphatic heterocycles. The number of halogens is 2. The van der Waals surface area contributed by atoms with Crippen LogP contribution in [0, 0.1) is 0 Å². The molecule has 14 heavy (non-hydrogen) atoms. The molecule has 1 N–H and O–H groups in total. The highest BCUT2D eigenvalue weighted by Gasteiger charge is 2.14. The van der Waals surface area contributed by atoms with Gasteiger partial charge < -0.3 is 5.11 Å². The summed E-state index contributed by atoms with van der Waals surface area (Å²) in [5.74, 6) is -1.26. The van der Waals surface area contributed by atoms with Crippen molar-refractivity contribution in [2.24, 2.45) is 4.99 Å². The van der Waals surface area contributed by atoms with Crippen LogP contribution >= 0.6 is 23.2 Å². The number of hydrogen-bond donors (Lipinski definition) is 1. The van der Waals surface area contributed by atoms with Gasteiger partial charge in [0.2, 0.25) is 6.08 Å². The Labute approximate surface area is 88.8 Å². The summed E-state index contributed by atoms with van der Waals surface area (Å²) in [4.78, 5) is 23.9. The van der Waals surface area contributed by atoms with Crippen molar-refractivity contribution in [1.82, 2.24) is 0 Å². The molecule has 1 aromatic rings. The summed E-state index contributed by atoms with van der Waals surface area (Å²) >= 11 is 11.2. The molecule has 0 aliphatic rings. The fraction of sp³-hybridized carbons (Fsp3) is 0. The summed E-state index contributed by atoms with van der Waals surface area (Å²) in [5.41, 5.74) is -0.371. The van der Waals surface area contributed by atoms with Crippen molar-refractivity contribution in [3.63, 3.8) is 0 Å². The second kappa shape index (κ2) is 4.24. The van der Waals surface area contributed by atoms with Gasteiger partial charge in [0.05, 0.1) is 10.6 Å². The minimum absolute atomic E-state index is 0.00162. The van der Waals surface area contributed by atoms with Gasteiger partial charge in [0.25, 0.3) is 0 Å². The van der Waals surface area contributed by atoms with Gasteiger partial charge in [-0.25, -0.2) is 9.59 Å². The molecule has 0 heterocycles. The van der Waals surface area contributed by atoms with Crippen LogP contribution in [0.4, 0.5) is 5.69 Å². The zero-order valence-electron chi connectivity index (χ0n) is 6.62. The van der Waals surface area contributed by atoms with E-state index in [9.17, 15) is 9.59 Å². The van der Waals surface area contributed by atoms with Crippen molar-refractivity contribution in [3.8, 4) is 0 Å². The number of aliphatic imine (C=N–C) groups is 1. The lowest BCUT2D eigenvalue weighted by Gasteiger charge is -2.02. The molecule has 6 heteroatoms. The molecule has 0 saturated carbocycles. The van der Waals surface area contributed by atoms with Gasteiger partial charge in [-0.15, -0.1) is 0 Å². The maximum Gasteiger partial charge on any atom is 0.338 e. The zero-order valence-corrected chi connectivity index (χ0v) is 8.13. The summed E-state index contributed by atoms with van der Waals surface area (Å²) in [7, 11) is 0. The van der Waals surface area contributed by atoms with E-state index in [-0.39, 0.29) is 21.3 Å². The summed E-state index contributed by atoms with van der Waals surface area (Å²) in [5, 5.41) is 8.90. The standard InChI is InChI=1S/C8H3Cl2NO3/c9-4-1-5(8(13)14)7(11-3-12)6(10)2-4/h1-2H,(H,13,14). The lowest BCUT2D eigenvalue weighted by Crippen LogP contribution is -1.97. The van der Waals surface area contributed by atoms with E-state index in [0.717, 1.165) is 6.07 Å². The van der Waals surface area contributed by atoms with Gasteiger partial charge in [0.1, 0.15) is 5.69 Å². The molecule has 72 valence electrons. The summed E-state index contributed by atoms with van der Waals surface area (Å²) < 4.78 is 0. The van der Waals surface area contributed by atoms with Crippen LogP contribution in [0.1, 0.15) is 10.4 Å². The van der Waals surface area contributed by atoms with Gasteiger partial charge in [-0.05, 0) is 12.1 Å². The molecule has 0 amide bonds. The van der Waals surface area contributed by atoms with Crippen molar-refractivity contribution < 1.29 is 14.7 Å². The van der Waals surface area contributed by atoms with Crippen molar-refractivity contribution in [2.45, 2.75) is 0 Å². The third-order valence-electron chi connectivity index (χ3n) is 1.42. The Morgan fingerprint density at radius 2 is 2.07 bits per heavy atom. The molecule has 0 bridgehead atoms. The van der Waals surface area contributed by atoms with Crippen LogP contribution in [0.3, 0.4) is 0 Å². The Bertz CT molecular complexity index is 438. The van der Waals surface area contributed by atoms with Crippen LogP contribution in [0.25, 0.3) is 0 Å². The first kappa shape index (κ1) is 10.7. The van der Waals surface area contributed by atoms with Crippen molar-refractivity contribution in [1.29, 1.82) is 0 Å². The second-order valence-electron chi connectivity index (χ2n) is 2.29. The monoisotopic (exact) mass is 231 g/mol. The molecular weight excluding hydrogens is 229 g/mol. The highest BCUT2D eigenvalue weighted by Crippen LogP contribution is 2.32. The number of carbonyl (C=O) groups is 1. The number of carboxylic acid groups (broad SMARTS) is 1. The molecule has 4 nitrogen and oxygen atoms in total. The molecule has 1 aromatic carbocycles. The maximum atomic E-state index is 10.7. The van der Waals surface area contributed by atoms with Crippen LogP contribution in [0.2, 0.25) is 10.0 Å². The molecule has 0 atom stereocenters. The molecule has 0 spiro atoms. The third kappa shape index (κ3) is 2.12. The number of aromatic carboxylic acids is 1. The van der Waals surface area contributed by atoms with Crippen LogP contribution in [0.15, 0.2) is 17.1 Å². The average Bonchev–Trinajstić information content (AvgIpc) is 2.09. The zero-order chi connectivity index (χ0) is 10.7. The van der Waals surface area contributed by atoms with E-state index in [0.29, 0.717) is 0 Å². The van der Waals surface area contributed by atoms with Gasteiger partial charge in [0.15, 0.2) is 0 Å². The van der Waals surface area contributed by atoms with E-state index in [1.165, 1.54) is 12.1 Å². The maximum absolute atomic E-state index is 10.7. The minimum Gasteiger partial charge on any atom is -0.478 e. The smallest absolute Gasteiger partial charge is 0.338 e. The van der Waals surface area contributed by atoms with E-state index >= 15 is 0 Å². The summed E-state index contributed by atoms with van der Waals surface area (Å²) in [6.45, 7) is 0. The van der Waals surface area contributed by atoms with Gasteiger partial charge in [-0.1, -0.05) is 23.2 Å². The summed E-state index contributed by atoms with van der Waals surface area (Å²) in [6.07, 6.45) is 1.22. The molecule has 0 saturated heterocycles. The average molecular weight is 232 g/mol. The number of nitrogens with zero attached hydrogens (tertiary/aromatic N) is 1. The second-order valence-corrected chi connectivity index (χ2v) is 3.14. The SMILES string of the molecule is O=C=Nc1c(Cl)cc(Cl)cc1C(=O)O. The lowest BCUT2D eigenvalue weighted by atomic mass is 10.2. The Kier molecular flexibility index (Phi) is 3.25. The molecule has 0 fully saturated rings. The van der Waals surface area contributed by atoms with E-state index in [4.69, 9.17) is 28.3 Å². The van der Waals surface area contributed by atoms with Crippen molar-refractivity contribution in [3.05, 3.63) is 27.7 Å². The first-order chi connectivity index (χ1) is 6.56. The van der Waals surface area contributed by atoms with Gasteiger partial charge in [-0.3, -0.25) is 0 Å². The number of rotatable bonds is 2. The van der Waals surface area contributed by atoms with E-state index in [2.05, 4.69) is 4.99 Å². The van der Waals surface area contributed by atoms with E-state index in [1.54, 1.807) is 0 Å². The fourth-order valence-corrected chi connectivity index (χ4v) is 1.42. The summed E-state index contributed by atoms with van der Waals surface area (Å²) in [6, 6.07) is 2.46. The number of hydrogen-bond acceptors (Lipinski definition) is 3. The molecule has 0 unspecified atom stereocenters. The van der Waals surface area contributed by atoms with E-state index in [1.807, 2.05) is 0 Å². The Morgan fingerprint density at radius 1 is 1.43 bits per heavy atom. The Morgan fingerprint density at radius 3 is 2.57 bits per heavy atom. The molecular formula is C8H3Cl2NO3. The van der Waals surface area contributed by atoms with Gasteiger partial charge >= 0.3 is 5.97 Å². The lowest BCUT2D eigenvalue weighted by molar-refractivity contribution is 0.0698. The van der Waals surface area contributed by atoms with Crippen LogP contribution in [-0.4, -0.2) is 17.2 Å². The number of carbonyl (C=O) groups excluding carboxylic acids is 1. The van der Waals surface area contributed by atoms with Gasteiger partial charge in [0, 0.05) is 5.02 Å². The van der Waals surface area contributed by atoms with Crippen LogP contribution in [0.5, 0.6) is 0 Å². The predicted molar refractivity (Wildman–Crippen MR) is 51.2 cm³/mol. The first-order valence-corrected chi connectivity index (χ1v) is 4.12. The molecule has 0 aromatic heterocycles. The fourth-order valence-electron chi connectivity index (χ4n) is 0.888. The predicted octanol–water partition coefficient (Wildman–Crippen LogP) is 2.66. The molecule has 1 rings (SSSR count). The van der Waals surface area contributed by atoms with Crippen molar-refractivity contribution in [2.75, 3.05) is 0 Å². The highest BCUT2D eigenvalue weighted by atomic mass is 35.5. The largest absolute Gasteiger partial charge is 0.478 e.